The van der Waals surface area contributed by atoms with Crippen molar-refractivity contribution < 1.29 is 0 Å². The minimum absolute atomic E-state index is 0.833. The molecule has 0 bridgehead atoms. The summed E-state index contributed by atoms with van der Waals surface area (Å²) in [5.41, 5.74) is 3.41. The fraction of sp³-hybridized carbons (Fsp3) is 0.412. The summed E-state index contributed by atoms with van der Waals surface area (Å²) in [5.74, 6) is 0. The maximum absolute atomic E-state index is 4.54. The van der Waals surface area contributed by atoms with E-state index in [1.807, 2.05) is 30.6 Å². The van der Waals surface area contributed by atoms with Crippen LogP contribution in [0.5, 0.6) is 0 Å². The Kier molecular flexibility index (Phi) is 6.31. The van der Waals surface area contributed by atoms with E-state index in [1.54, 1.807) is 0 Å². The van der Waals surface area contributed by atoms with Crippen molar-refractivity contribution in [3.05, 3.63) is 59.7 Å². The van der Waals surface area contributed by atoms with E-state index in [2.05, 4.69) is 46.3 Å². The molecule has 0 atom stereocenters. The van der Waals surface area contributed by atoms with Crippen LogP contribution in [0.25, 0.3) is 0 Å². The third kappa shape index (κ3) is 5.61. The molecule has 21 heavy (non-hydrogen) atoms. The molecule has 4 heteroatoms. The number of nitrogens with zero attached hydrogens (tertiary/aromatic N) is 3. The lowest BCUT2D eigenvalue weighted by Gasteiger charge is -2.15. The second kappa shape index (κ2) is 8.49. The van der Waals surface area contributed by atoms with E-state index in [0.717, 1.165) is 44.0 Å². The van der Waals surface area contributed by atoms with E-state index in [1.165, 1.54) is 5.56 Å². The van der Waals surface area contributed by atoms with Crippen LogP contribution < -0.4 is 5.32 Å². The first-order chi connectivity index (χ1) is 10.3. The molecule has 0 radical (unpaired) electrons. The van der Waals surface area contributed by atoms with E-state index in [-0.39, 0.29) is 0 Å². The third-order valence-corrected chi connectivity index (χ3v) is 3.23. The molecule has 0 unspecified atom stereocenters. The zero-order chi connectivity index (χ0) is 14.9. The Hall–Kier alpha value is -1.78. The minimum Gasteiger partial charge on any atom is -0.313 e. The number of rotatable bonds is 8. The summed E-state index contributed by atoms with van der Waals surface area (Å²) < 4.78 is 0. The second-order valence-corrected chi connectivity index (χ2v) is 5.33. The predicted molar refractivity (Wildman–Crippen MR) is 85.6 cm³/mol. The Morgan fingerprint density at radius 3 is 2.48 bits per heavy atom. The molecule has 0 saturated heterocycles. The zero-order valence-electron chi connectivity index (χ0n) is 12.9. The molecule has 2 aromatic heterocycles. The molecule has 2 aromatic rings. The van der Waals surface area contributed by atoms with Gasteiger partial charge in [0.05, 0.1) is 11.4 Å². The number of hydrogen-bond donors (Lipinski definition) is 1. The van der Waals surface area contributed by atoms with Crippen LogP contribution in [0.4, 0.5) is 0 Å². The summed E-state index contributed by atoms with van der Waals surface area (Å²) in [5, 5.41) is 3.39. The van der Waals surface area contributed by atoms with Gasteiger partial charge in [-0.1, -0.05) is 19.1 Å². The van der Waals surface area contributed by atoms with Crippen LogP contribution in [-0.2, 0) is 19.6 Å². The van der Waals surface area contributed by atoms with Crippen molar-refractivity contribution in [1.82, 2.24) is 20.2 Å². The first-order valence-corrected chi connectivity index (χ1v) is 7.51. The molecule has 0 saturated carbocycles. The third-order valence-electron chi connectivity index (χ3n) is 3.23. The van der Waals surface area contributed by atoms with Crippen molar-refractivity contribution in [3.63, 3.8) is 0 Å². The maximum atomic E-state index is 4.54. The summed E-state index contributed by atoms with van der Waals surface area (Å²) in [6, 6.07) is 10.3. The Morgan fingerprint density at radius 2 is 1.86 bits per heavy atom. The lowest BCUT2D eigenvalue weighted by Crippen LogP contribution is -2.19. The standard InChI is InChI=1S/C17H24N4/c1-3-9-18-11-15-7-8-17(20-12-15)14-21(2)13-16-6-4-5-10-19-16/h4-8,10,12,18H,3,9,11,13-14H2,1-2H3. The summed E-state index contributed by atoms with van der Waals surface area (Å²) in [6.45, 7) is 5.78. The Balaban J connectivity index is 1.82. The average molecular weight is 284 g/mol. The van der Waals surface area contributed by atoms with Crippen LogP contribution in [-0.4, -0.2) is 28.5 Å². The topological polar surface area (TPSA) is 41.0 Å². The summed E-state index contributed by atoms with van der Waals surface area (Å²) in [6.07, 6.45) is 4.95. The number of pyridine rings is 2. The second-order valence-electron chi connectivity index (χ2n) is 5.33. The molecule has 1 N–H and O–H groups in total. The van der Waals surface area contributed by atoms with Crippen LogP contribution >= 0.6 is 0 Å². The van der Waals surface area contributed by atoms with Gasteiger partial charge in [0.2, 0.25) is 0 Å². The summed E-state index contributed by atoms with van der Waals surface area (Å²) >= 11 is 0. The van der Waals surface area contributed by atoms with Gasteiger partial charge in [0.25, 0.3) is 0 Å². The lowest BCUT2D eigenvalue weighted by molar-refractivity contribution is 0.311. The molecule has 2 rings (SSSR count). The normalized spacial score (nSPS) is 11.0. The van der Waals surface area contributed by atoms with Gasteiger partial charge in [-0.25, -0.2) is 0 Å². The highest BCUT2D eigenvalue weighted by molar-refractivity contribution is 5.14. The van der Waals surface area contributed by atoms with Crippen molar-refractivity contribution in [1.29, 1.82) is 0 Å². The van der Waals surface area contributed by atoms with Gasteiger partial charge in [0, 0.05) is 32.0 Å². The van der Waals surface area contributed by atoms with Crippen LogP contribution in [0, 0.1) is 0 Å². The van der Waals surface area contributed by atoms with E-state index in [9.17, 15) is 0 Å². The molecular formula is C17H24N4. The molecule has 2 heterocycles. The van der Waals surface area contributed by atoms with E-state index >= 15 is 0 Å². The predicted octanol–water partition coefficient (Wildman–Crippen LogP) is 2.61. The average Bonchev–Trinajstić information content (AvgIpc) is 2.50. The molecule has 0 aliphatic rings. The maximum Gasteiger partial charge on any atom is 0.0544 e. The number of hydrogen-bond acceptors (Lipinski definition) is 4. The first kappa shape index (κ1) is 15.6. The van der Waals surface area contributed by atoms with Gasteiger partial charge in [-0.2, -0.15) is 0 Å². The van der Waals surface area contributed by atoms with Crippen molar-refractivity contribution in [2.75, 3.05) is 13.6 Å². The molecule has 112 valence electrons. The largest absolute Gasteiger partial charge is 0.313 e. The molecule has 0 amide bonds. The molecule has 0 fully saturated rings. The highest BCUT2D eigenvalue weighted by Crippen LogP contribution is 2.06. The first-order valence-electron chi connectivity index (χ1n) is 7.51. The fourth-order valence-electron chi connectivity index (χ4n) is 2.16. The molecule has 0 aliphatic carbocycles. The quantitative estimate of drug-likeness (QED) is 0.757. The molecule has 4 nitrogen and oxygen atoms in total. The Morgan fingerprint density at radius 1 is 1.05 bits per heavy atom. The number of nitrogens with one attached hydrogen (secondary N) is 1. The van der Waals surface area contributed by atoms with Crippen LogP contribution in [0.2, 0.25) is 0 Å². The SMILES string of the molecule is CCCNCc1ccc(CN(C)Cc2ccccn2)nc1. The molecule has 0 spiro atoms. The molecular weight excluding hydrogens is 260 g/mol. The van der Waals surface area contributed by atoms with Crippen molar-refractivity contribution in [2.45, 2.75) is 33.0 Å². The van der Waals surface area contributed by atoms with Crippen molar-refractivity contribution >= 4 is 0 Å². The van der Waals surface area contributed by atoms with Gasteiger partial charge in [-0.15, -0.1) is 0 Å². The monoisotopic (exact) mass is 284 g/mol. The number of aromatic nitrogens is 2. The van der Waals surface area contributed by atoms with E-state index in [4.69, 9.17) is 0 Å². The zero-order valence-corrected chi connectivity index (χ0v) is 12.9. The van der Waals surface area contributed by atoms with Crippen LogP contribution in [0.3, 0.4) is 0 Å². The fourth-order valence-corrected chi connectivity index (χ4v) is 2.16. The summed E-state index contributed by atoms with van der Waals surface area (Å²) in [4.78, 5) is 11.1. The van der Waals surface area contributed by atoms with Crippen molar-refractivity contribution in [3.8, 4) is 0 Å². The van der Waals surface area contributed by atoms with E-state index < -0.39 is 0 Å². The highest BCUT2D eigenvalue weighted by Gasteiger charge is 2.03. The smallest absolute Gasteiger partial charge is 0.0544 e. The van der Waals surface area contributed by atoms with E-state index in [0.29, 0.717) is 0 Å². The van der Waals surface area contributed by atoms with Gasteiger partial charge >= 0.3 is 0 Å². The highest BCUT2D eigenvalue weighted by atomic mass is 15.1. The Labute approximate surface area is 127 Å². The van der Waals surface area contributed by atoms with Gasteiger partial charge in [-0.3, -0.25) is 14.9 Å². The van der Waals surface area contributed by atoms with Gasteiger partial charge in [0.15, 0.2) is 0 Å². The van der Waals surface area contributed by atoms with Gasteiger partial charge in [0.1, 0.15) is 0 Å². The summed E-state index contributed by atoms with van der Waals surface area (Å²) in [7, 11) is 2.09. The van der Waals surface area contributed by atoms with Gasteiger partial charge < -0.3 is 5.32 Å². The minimum atomic E-state index is 0.833. The molecule has 0 aromatic carbocycles. The Bertz CT molecular complexity index is 510. The van der Waals surface area contributed by atoms with Crippen LogP contribution in [0.15, 0.2) is 42.7 Å². The van der Waals surface area contributed by atoms with Crippen LogP contribution in [0.1, 0.15) is 30.3 Å². The van der Waals surface area contributed by atoms with Gasteiger partial charge in [-0.05, 0) is 43.8 Å². The lowest BCUT2D eigenvalue weighted by atomic mass is 10.2. The van der Waals surface area contributed by atoms with Crippen molar-refractivity contribution in [2.24, 2.45) is 0 Å². The molecule has 0 aliphatic heterocycles.